The maximum absolute atomic E-state index is 12.7. The van der Waals surface area contributed by atoms with E-state index in [0.29, 0.717) is 23.7 Å². The Morgan fingerprint density at radius 3 is 2.22 bits per heavy atom. The van der Waals surface area contributed by atoms with Crippen molar-refractivity contribution in [3.8, 4) is 0 Å². The van der Waals surface area contributed by atoms with Crippen LogP contribution in [0.15, 0.2) is 94.9 Å². The van der Waals surface area contributed by atoms with Gasteiger partial charge in [0.15, 0.2) is 0 Å². The van der Waals surface area contributed by atoms with Gasteiger partial charge in [0.2, 0.25) is 10.0 Å². The largest absolute Gasteiger partial charge is 0.342 e. The molecule has 0 atom stereocenters. The molecule has 0 saturated carbocycles. The molecule has 164 valence electrons. The van der Waals surface area contributed by atoms with Gasteiger partial charge in [0.05, 0.1) is 10.6 Å². The summed E-state index contributed by atoms with van der Waals surface area (Å²) in [6.07, 6.45) is 3.96. The number of sulfonamides is 1. The molecule has 0 amide bonds. The van der Waals surface area contributed by atoms with Crippen LogP contribution in [0, 0.1) is 0 Å². The van der Waals surface area contributed by atoms with Crippen molar-refractivity contribution in [3.63, 3.8) is 0 Å². The van der Waals surface area contributed by atoms with E-state index in [9.17, 15) is 8.42 Å². The van der Waals surface area contributed by atoms with Crippen LogP contribution < -0.4 is 0 Å². The molecule has 0 unspecified atom stereocenters. The number of fused-ring (bicyclic) bond motifs is 1. The van der Waals surface area contributed by atoms with Crippen molar-refractivity contribution in [3.05, 3.63) is 96.2 Å². The highest BCUT2D eigenvalue weighted by molar-refractivity contribution is 7.89. The van der Waals surface area contributed by atoms with Crippen molar-refractivity contribution in [2.45, 2.75) is 25.3 Å². The third-order valence-corrected chi connectivity index (χ3v) is 7.61. The molecular formula is C26H27N3O2S. The minimum Gasteiger partial charge on any atom is -0.342 e. The zero-order valence-corrected chi connectivity index (χ0v) is 19.2. The molecule has 5 nitrogen and oxygen atoms in total. The highest BCUT2D eigenvalue weighted by Gasteiger charge is 2.21. The van der Waals surface area contributed by atoms with Gasteiger partial charge < -0.3 is 4.57 Å². The second kappa shape index (κ2) is 9.51. The van der Waals surface area contributed by atoms with Crippen LogP contribution >= 0.6 is 0 Å². The van der Waals surface area contributed by atoms with Crippen LogP contribution in [-0.4, -0.2) is 36.6 Å². The van der Waals surface area contributed by atoms with Gasteiger partial charge in [-0.25, -0.2) is 8.42 Å². The normalized spacial score (nSPS) is 12.2. The van der Waals surface area contributed by atoms with Crippen LogP contribution in [0.2, 0.25) is 0 Å². The minimum absolute atomic E-state index is 0.291. The number of benzene rings is 3. The van der Waals surface area contributed by atoms with E-state index < -0.39 is 10.0 Å². The van der Waals surface area contributed by atoms with Crippen LogP contribution in [0.4, 0.5) is 5.69 Å². The molecule has 4 rings (SSSR count). The Morgan fingerprint density at radius 2 is 1.53 bits per heavy atom. The summed E-state index contributed by atoms with van der Waals surface area (Å²) in [6.45, 7) is 5.37. The zero-order chi connectivity index (χ0) is 22.6. The van der Waals surface area contributed by atoms with Gasteiger partial charge in [0, 0.05) is 48.5 Å². The Balaban J connectivity index is 1.60. The van der Waals surface area contributed by atoms with E-state index in [1.807, 2.05) is 50.4 Å². The number of hydrogen-bond acceptors (Lipinski definition) is 3. The quantitative estimate of drug-likeness (QED) is 0.338. The molecular weight excluding hydrogens is 418 g/mol. The highest BCUT2D eigenvalue weighted by atomic mass is 32.2. The van der Waals surface area contributed by atoms with E-state index in [1.165, 1.54) is 9.87 Å². The summed E-state index contributed by atoms with van der Waals surface area (Å²) >= 11 is 0. The molecule has 0 N–H and O–H groups in total. The summed E-state index contributed by atoms with van der Waals surface area (Å²) in [6, 6.07) is 25.4. The van der Waals surface area contributed by atoms with Crippen LogP contribution in [0.1, 0.15) is 25.0 Å². The van der Waals surface area contributed by atoms with Crippen molar-refractivity contribution in [1.29, 1.82) is 0 Å². The number of nitrogens with zero attached hydrogens (tertiary/aromatic N) is 3. The number of aromatic nitrogens is 1. The van der Waals surface area contributed by atoms with Crippen LogP contribution in [-0.2, 0) is 16.6 Å². The lowest BCUT2D eigenvalue weighted by molar-refractivity contribution is 0.445. The molecule has 0 aliphatic heterocycles. The molecule has 32 heavy (non-hydrogen) atoms. The Morgan fingerprint density at radius 1 is 0.875 bits per heavy atom. The second-order valence-electron chi connectivity index (χ2n) is 7.56. The smallest absolute Gasteiger partial charge is 0.243 e. The van der Waals surface area contributed by atoms with Gasteiger partial charge in [-0.3, -0.25) is 4.99 Å². The summed E-state index contributed by atoms with van der Waals surface area (Å²) in [5.74, 6) is 0. The first-order valence-electron chi connectivity index (χ1n) is 10.8. The van der Waals surface area contributed by atoms with E-state index in [1.54, 1.807) is 24.3 Å². The van der Waals surface area contributed by atoms with Crippen LogP contribution in [0.25, 0.3) is 10.9 Å². The van der Waals surface area contributed by atoms with Crippen molar-refractivity contribution < 1.29 is 8.42 Å². The molecule has 0 aliphatic rings. The van der Waals surface area contributed by atoms with Crippen molar-refractivity contribution in [2.24, 2.45) is 4.99 Å². The van der Waals surface area contributed by atoms with Gasteiger partial charge in [0.25, 0.3) is 0 Å². The zero-order valence-electron chi connectivity index (χ0n) is 18.3. The van der Waals surface area contributed by atoms with Gasteiger partial charge in [-0.2, -0.15) is 4.31 Å². The lowest BCUT2D eigenvalue weighted by atomic mass is 10.2. The highest BCUT2D eigenvalue weighted by Crippen LogP contribution is 2.23. The molecule has 0 radical (unpaired) electrons. The van der Waals surface area contributed by atoms with Crippen molar-refractivity contribution in [1.82, 2.24) is 8.87 Å². The number of rotatable bonds is 8. The minimum atomic E-state index is -3.46. The molecule has 6 heteroatoms. The molecule has 1 aromatic heterocycles. The van der Waals surface area contributed by atoms with Gasteiger partial charge in [-0.15, -0.1) is 0 Å². The van der Waals surface area contributed by atoms with Gasteiger partial charge in [-0.1, -0.05) is 62.4 Å². The first-order chi connectivity index (χ1) is 15.5. The Kier molecular flexibility index (Phi) is 6.53. The molecule has 0 aliphatic carbocycles. The first-order valence-corrected chi connectivity index (χ1v) is 12.2. The molecule has 1 heterocycles. The Labute approximate surface area is 189 Å². The predicted molar refractivity (Wildman–Crippen MR) is 131 cm³/mol. The Bertz CT molecular complexity index is 1320. The third kappa shape index (κ3) is 4.52. The van der Waals surface area contributed by atoms with Gasteiger partial charge in [0.1, 0.15) is 0 Å². The van der Waals surface area contributed by atoms with E-state index >= 15 is 0 Å². The third-order valence-electron chi connectivity index (χ3n) is 5.55. The van der Waals surface area contributed by atoms with E-state index in [4.69, 9.17) is 0 Å². The number of para-hydroxylation sites is 1. The molecule has 0 saturated heterocycles. The second-order valence-corrected chi connectivity index (χ2v) is 9.49. The SMILES string of the molecule is CCN(CC)S(=O)(=O)c1ccc(N=Cc2cn(Cc3ccccc3)c3ccccc23)cc1. The van der Waals surface area contributed by atoms with Crippen LogP contribution in [0.3, 0.4) is 0 Å². The van der Waals surface area contributed by atoms with Gasteiger partial charge in [-0.05, 0) is 35.9 Å². The van der Waals surface area contributed by atoms with E-state index in [2.05, 4.69) is 40.0 Å². The monoisotopic (exact) mass is 445 g/mol. The fraction of sp³-hybridized carbons (Fsp3) is 0.192. The topological polar surface area (TPSA) is 54.7 Å². The fourth-order valence-electron chi connectivity index (χ4n) is 3.85. The maximum atomic E-state index is 12.7. The number of hydrogen-bond donors (Lipinski definition) is 0. The average molecular weight is 446 g/mol. The molecule has 0 bridgehead atoms. The Hall–Kier alpha value is -3.22. The van der Waals surface area contributed by atoms with E-state index in [-0.39, 0.29) is 0 Å². The van der Waals surface area contributed by atoms with Crippen LogP contribution in [0.5, 0.6) is 0 Å². The average Bonchev–Trinajstić information content (AvgIpc) is 3.17. The molecule has 3 aromatic carbocycles. The fourth-order valence-corrected chi connectivity index (χ4v) is 5.31. The summed E-state index contributed by atoms with van der Waals surface area (Å²) in [4.78, 5) is 4.90. The summed E-state index contributed by atoms with van der Waals surface area (Å²) in [7, 11) is -3.46. The standard InChI is InChI=1S/C26H27N3O2S/c1-3-29(4-2)32(30,31)24-16-14-23(15-17-24)27-18-22-20-28(19-21-10-6-5-7-11-21)26-13-9-8-12-25(22)26/h5-18,20H,3-4,19H2,1-2H3. The van der Waals surface area contributed by atoms with Crippen molar-refractivity contribution in [2.75, 3.05) is 13.1 Å². The maximum Gasteiger partial charge on any atom is 0.243 e. The molecule has 0 spiro atoms. The lowest BCUT2D eigenvalue weighted by Gasteiger charge is -2.18. The first kappa shape index (κ1) is 22.0. The summed E-state index contributed by atoms with van der Waals surface area (Å²) < 4.78 is 29.0. The summed E-state index contributed by atoms with van der Waals surface area (Å²) in [5, 5.41) is 1.13. The summed E-state index contributed by atoms with van der Waals surface area (Å²) in [5.41, 5.74) is 4.12. The number of aliphatic imine (C=N–C) groups is 1. The van der Waals surface area contributed by atoms with Crippen molar-refractivity contribution >= 4 is 32.8 Å². The predicted octanol–water partition coefficient (Wildman–Crippen LogP) is 5.47. The van der Waals surface area contributed by atoms with Gasteiger partial charge >= 0.3 is 0 Å². The van der Waals surface area contributed by atoms with E-state index in [0.717, 1.165) is 23.0 Å². The lowest BCUT2D eigenvalue weighted by Crippen LogP contribution is -2.30. The molecule has 0 fully saturated rings. The molecule has 4 aromatic rings.